The SMILES string of the molecule is CCCCc1ccc(Nc2cc(F)cc(F)c2)nc1C(N)=O. The monoisotopic (exact) mass is 305 g/mol. The molecule has 0 unspecified atom stereocenters. The van der Waals surface area contributed by atoms with Crippen LogP contribution in [0.4, 0.5) is 20.3 Å². The molecule has 0 saturated carbocycles. The van der Waals surface area contributed by atoms with E-state index < -0.39 is 17.5 Å². The lowest BCUT2D eigenvalue weighted by molar-refractivity contribution is 0.0994. The zero-order valence-electron chi connectivity index (χ0n) is 12.2. The molecule has 0 aliphatic carbocycles. The summed E-state index contributed by atoms with van der Waals surface area (Å²) in [7, 11) is 0. The molecule has 2 rings (SSSR count). The molecule has 6 heteroatoms. The summed E-state index contributed by atoms with van der Waals surface area (Å²) in [6.07, 6.45) is 2.61. The van der Waals surface area contributed by atoms with Gasteiger partial charge >= 0.3 is 0 Å². The first-order valence-electron chi connectivity index (χ1n) is 7.02. The number of carbonyl (C=O) groups is 1. The average Bonchev–Trinajstić information content (AvgIpc) is 2.44. The van der Waals surface area contributed by atoms with Crippen LogP contribution < -0.4 is 11.1 Å². The molecule has 3 N–H and O–H groups in total. The molecule has 22 heavy (non-hydrogen) atoms. The number of amides is 1. The lowest BCUT2D eigenvalue weighted by atomic mass is 10.1. The summed E-state index contributed by atoms with van der Waals surface area (Å²) in [5, 5.41) is 2.77. The van der Waals surface area contributed by atoms with E-state index in [-0.39, 0.29) is 11.4 Å². The number of nitrogens with two attached hydrogens (primary N) is 1. The third-order valence-electron chi connectivity index (χ3n) is 3.15. The number of halogens is 2. The van der Waals surface area contributed by atoms with Crippen LogP contribution in [0.2, 0.25) is 0 Å². The van der Waals surface area contributed by atoms with Crippen molar-refractivity contribution in [2.75, 3.05) is 5.32 Å². The van der Waals surface area contributed by atoms with Crippen LogP contribution in [0.3, 0.4) is 0 Å². The van der Waals surface area contributed by atoms with E-state index in [2.05, 4.69) is 10.3 Å². The minimum absolute atomic E-state index is 0.176. The van der Waals surface area contributed by atoms with Crippen molar-refractivity contribution in [2.45, 2.75) is 26.2 Å². The van der Waals surface area contributed by atoms with Crippen molar-refractivity contribution in [2.24, 2.45) is 5.73 Å². The van der Waals surface area contributed by atoms with Gasteiger partial charge in [0.2, 0.25) is 0 Å². The highest BCUT2D eigenvalue weighted by molar-refractivity contribution is 5.92. The van der Waals surface area contributed by atoms with Gasteiger partial charge in [-0.15, -0.1) is 0 Å². The van der Waals surface area contributed by atoms with Crippen LogP contribution in [0, 0.1) is 11.6 Å². The number of nitrogens with zero attached hydrogens (tertiary/aromatic N) is 1. The number of benzene rings is 1. The van der Waals surface area contributed by atoms with Crippen molar-refractivity contribution in [3.63, 3.8) is 0 Å². The first-order chi connectivity index (χ1) is 10.5. The normalized spacial score (nSPS) is 10.5. The van der Waals surface area contributed by atoms with E-state index in [4.69, 9.17) is 5.73 Å². The molecule has 4 nitrogen and oxygen atoms in total. The van der Waals surface area contributed by atoms with Gasteiger partial charge in [-0.1, -0.05) is 19.4 Å². The highest BCUT2D eigenvalue weighted by Crippen LogP contribution is 2.20. The molecule has 2 aromatic rings. The van der Waals surface area contributed by atoms with Crippen molar-refractivity contribution in [1.82, 2.24) is 4.98 Å². The lowest BCUT2D eigenvalue weighted by Crippen LogP contribution is -2.16. The number of unbranched alkanes of at least 4 members (excludes halogenated alkanes) is 1. The van der Waals surface area contributed by atoms with Crippen LogP contribution >= 0.6 is 0 Å². The van der Waals surface area contributed by atoms with Crippen LogP contribution in [0.5, 0.6) is 0 Å². The predicted octanol–water partition coefficient (Wildman–Crippen LogP) is 3.54. The minimum atomic E-state index is -0.697. The number of aromatic nitrogens is 1. The lowest BCUT2D eigenvalue weighted by Gasteiger charge is -2.10. The van der Waals surface area contributed by atoms with Gasteiger partial charge < -0.3 is 11.1 Å². The van der Waals surface area contributed by atoms with Gasteiger partial charge in [-0.05, 0) is 36.6 Å². The van der Waals surface area contributed by atoms with E-state index in [9.17, 15) is 13.6 Å². The van der Waals surface area contributed by atoms with Gasteiger partial charge in [0.05, 0.1) is 0 Å². The Hall–Kier alpha value is -2.50. The summed E-state index contributed by atoms with van der Waals surface area (Å²) < 4.78 is 26.3. The molecule has 1 amide bonds. The molecule has 0 radical (unpaired) electrons. The van der Waals surface area contributed by atoms with E-state index in [1.54, 1.807) is 12.1 Å². The van der Waals surface area contributed by atoms with Gasteiger partial charge in [0.1, 0.15) is 23.1 Å². The second kappa shape index (κ2) is 6.98. The van der Waals surface area contributed by atoms with Crippen molar-refractivity contribution < 1.29 is 13.6 Å². The Labute approximate surface area is 127 Å². The molecular weight excluding hydrogens is 288 g/mol. The maximum absolute atomic E-state index is 13.2. The highest BCUT2D eigenvalue weighted by atomic mass is 19.1. The fraction of sp³-hybridized carbons (Fsp3) is 0.250. The fourth-order valence-electron chi connectivity index (χ4n) is 2.11. The van der Waals surface area contributed by atoms with Gasteiger partial charge in [0, 0.05) is 11.8 Å². The van der Waals surface area contributed by atoms with E-state index in [1.807, 2.05) is 6.92 Å². The molecule has 0 spiro atoms. The molecule has 0 saturated heterocycles. The minimum Gasteiger partial charge on any atom is -0.364 e. The Morgan fingerprint density at radius 1 is 1.23 bits per heavy atom. The third-order valence-corrected chi connectivity index (χ3v) is 3.15. The molecule has 1 aromatic heterocycles. The summed E-state index contributed by atoms with van der Waals surface area (Å²) in [6, 6.07) is 6.46. The number of nitrogens with one attached hydrogen (secondary N) is 1. The number of carbonyl (C=O) groups excluding carboxylic acids is 1. The second-order valence-electron chi connectivity index (χ2n) is 4.96. The standard InChI is InChI=1S/C16H17F2N3O/c1-2-3-4-10-5-6-14(21-15(10)16(19)22)20-13-8-11(17)7-12(18)9-13/h5-9H,2-4H2,1H3,(H2,19,22)(H,20,21). The van der Waals surface area contributed by atoms with Crippen LogP contribution in [-0.2, 0) is 6.42 Å². The van der Waals surface area contributed by atoms with Crippen molar-refractivity contribution in [3.05, 3.63) is 53.2 Å². The van der Waals surface area contributed by atoms with Gasteiger partial charge in [-0.3, -0.25) is 4.79 Å². The Bertz CT molecular complexity index is 669. The molecular formula is C16H17F2N3O. The quantitative estimate of drug-likeness (QED) is 0.857. The Balaban J connectivity index is 2.28. The molecule has 0 aliphatic heterocycles. The summed E-state index contributed by atoms with van der Waals surface area (Å²) in [4.78, 5) is 15.7. The Morgan fingerprint density at radius 2 is 1.91 bits per heavy atom. The van der Waals surface area contributed by atoms with Gasteiger partial charge in [-0.2, -0.15) is 0 Å². The highest BCUT2D eigenvalue weighted by Gasteiger charge is 2.11. The van der Waals surface area contributed by atoms with Gasteiger partial charge in [0.25, 0.3) is 5.91 Å². The topological polar surface area (TPSA) is 68.0 Å². The van der Waals surface area contributed by atoms with E-state index >= 15 is 0 Å². The summed E-state index contributed by atoms with van der Waals surface area (Å²) in [5.41, 5.74) is 6.50. The molecule has 0 bridgehead atoms. The van der Waals surface area contributed by atoms with Gasteiger partial charge in [-0.25, -0.2) is 13.8 Å². The zero-order chi connectivity index (χ0) is 16.1. The van der Waals surface area contributed by atoms with E-state index in [0.29, 0.717) is 12.2 Å². The maximum Gasteiger partial charge on any atom is 0.267 e. The molecule has 0 atom stereocenters. The average molecular weight is 305 g/mol. The maximum atomic E-state index is 13.2. The predicted molar refractivity (Wildman–Crippen MR) is 81.0 cm³/mol. The van der Waals surface area contributed by atoms with Crippen molar-refractivity contribution in [1.29, 1.82) is 0 Å². The molecule has 0 aliphatic rings. The number of rotatable bonds is 6. The fourth-order valence-corrected chi connectivity index (χ4v) is 2.11. The number of pyridine rings is 1. The Morgan fingerprint density at radius 3 is 2.50 bits per heavy atom. The number of hydrogen-bond acceptors (Lipinski definition) is 3. The summed E-state index contributed by atoms with van der Waals surface area (Å²) >= 11 is 0. The number of hydrogen-bond donors (Lipinski definition) is 2. The first-order valence-corrected chi connectivity index (χ1v) is 7.02. The first kappa shape index (κ1) is 15.9. The van der Waals surface area contributed by atoms with Crippen LogP contribution in [-0.4, -0.2) is 10.9 Å². The summed E-state index contributed by atoms with van der Waals surface area (Å²) in [6.45, 7) is 2.05. The van der Waals surface area contributed by atoms with E-state index in [0.717, 1.165) is 36.6 Å². The third kappa shape index (κ3) is 4.00. The molecule has 1 heterocycles. The number of anilines is 2. The molecule has 116 valence electrons. The molecule has 1 aromatic carbocycles. The van der Waals surface area contributed by atoms with E-state index in [1.165, 1.54) is 0 Å². The largest absolute Gasteiger partial charge is 0.364 e. The molecule has 0 fully saturated rings. The number of primary amides is 1. The smallest absolute Gasteiger partial charge is 0.267 e. The van der Waals surface area contributed by atoms with Crippen LogP contribution in [0.25, 0.3) is 0 Å². The number of aryl methyl sites for hydroxylation is 1. The van der Waals surface area contributed by atoms with Gasteiger partial charge in [0.15, 0.2) is 0 Å². The van der Waals surface area contributed by atoms with Crippen LogP contribution in [0.15, 0.2) is 30.3 Å². The second-order valence-corrected chi connectivity index (χ2v) is 4.96. The van der Waals surface area contributed by atoms with Crippen LogP contribution in [0.1, 0.15) is 35.8 Å². The summed E-state index contributed by atoms with van der Waals surface area (Å²) in [5.74, 6) is -1.71. The Kier molecular flexibility index (Phi) is 5.04. The van der Waals surface area contributed by atoms with Crippen molar-refractivity contribution >= 4 is 17.4 Å². The van der Waals surface area contributed by atoms with Crippen molar-refractivity contribution in [3.8, 4) is 0 Å². The zero-order valence-corrected chi connectivity index (χ0v) is 12.2.